The van der Waals surface area contributed by atoms with E-state index < -0.39 is 0 Å². The fourth-order valence-corrected chi connectivity index (χ4v) is 3.31. The molecule has 102 valence electrons. The first-order valence-corrected chi connectivity index (χ1v) is 7.34. The number of anilines is 1. The van der Waals surface area contributed by atoms with Crippen LogP contribution in [0.15, 0.2) is 18.2 Å². The molecule has 2 aliphatic rings. The summed E-state index contributed by atoms with van der Waals surface area (Å²) in [5.74, 6) is 0.911. The molecule has 0 radical (unpaired) electrons. The van der Waals surface area contributed by atoms with Crippen LogP contribution in [0.4, 0.5) is 5.69 Å². The summed E-state index contributed by atoms with van der Waals surface area (Å²) in [7, 11) is 0. The van der Waals surface area contributed by atoms with Gasteiger partial charge in [-0.3, -0.25) is 4.79 Å². The zero-order valence-corrected chi connectivity index (χ0v) is 11.6. The number of piperidine rings is 1. The minimum atomic E-state index is 0.162. The number of rotatable bonds is 2. The number of hydrogen-bond donors (Lipinski definition) is 1. The van der Waals surface area contributed by atoms with Crippen LogP contribution in [0, 0.1) is 5.92 Å². The van der Waals surface area contributed by atoms with Gasteiger partial charge in [0, 0.05) is 19.2 Å². The molecule has 0 aliphatic carbocycles. The third-order valence-corrected chi connectivity index (χ3v) is 4.35. The van der Waals surface area contributed by atoms with Gasteiger partial charge in [0.2, 0.25) is 5.91 Å². The molecular formula is C16H22N2O. The first-order valence-electron chi connectivity index (χ1n) is 7.34. The highest BCUT2D eigenvalue weighted by Crippen LogP contribution is 2.30. The molecule has 3 nitrogen and oxygen atoms in total. The van der Waals surface area contributed by atoms with Crippen molar-refractivity contribution in [3.05, 3.63) is 29.3 Å². The van der Waals surface area contributed by atoms with Crippen LogP contribution < -0.4 is 10.2 Å². The van der Waals surface area contributed by atoms with Crippen molar-refractivity contribution in [2.24, 2.45) is 5.92 Å². The summed E-state index contributed by atoms with van der Waals surface area (Å²) in [6.45, 7) is 4.80. The standard InChI is InChI=1S/C16H22N2O/c1-12(19)18-8-6-15-5-4-13(10-16(15)18)9-14-3-2-7-17-11-14/h4-5,10,14,17H,2-3,6-9,11H2,1H3. The van der Waals surface area contributed by atoms with Gasteiger partial charge in [0.15, 0.2) is 0 Å². The largest absolute Gasteiger partial charge is 0.316 e. The molecule has 0 aromatic heterocycles. The zero-order valence-electron chi connectivity index (χ0n) is 11.6. The summed E-state index contributed by atoms with van der Waals surface area (Å²) in [5, 5.41) is 3.47. The van der Waals surface area contributed by atoms with Gasteiger partial charge in [0.1, 0.15) is 0 Å². The Labute approximate surface area is 115 Å². The van der Waals surface area contributed by atoms with Crippen molar-refractivity contribution < 1.29 is 4.79 Å². The first kappa shape index (κ1) is 12.7. The number of carbonyl (C=O) groups excluding carboxylic acids is 1. The molecule has 1 atom stereocenters. The lowest BCUT2D eigenvalue weighted by molar-refractivity contribution is -0.116. The van der Waals surface area contributed by atoms with E-state index in [1.54, 1.807) is 6.92 Å². The number of hydrogen-bond acceptors (Lipinski definition) is 2. The smallest absolute Gasteiger partial charge is 0.223 e. The van der Waals surface area contributed by atoms with Crippen molar-refractivity contribution in [2.45, 2.75) is 32.6 Å². The van der Waals surface area contributed by atoms with E-state index >= 15 is 0 Å². The molecule has 19 heavy (non-hydrogen) atoms. The normalized spacial score (nSPS) is 22.4. The summed E-state index contributed by atoms with van der Waals surface area (Å²) in [5.41, 5.74) is 3.84. The molecule has 2 heterocycles. The Morgan fingerprint density at radius 1 is 1.47 bits per heavy atom. The van der Waals surface area contributed by atoms with Crippen LogP contribution >= 0.6 is 0 Å². The van der Waals surface area contributed by atoms with Crippen molar-refractivity contribution >= 4 is 11.6 Å². The Bertz CT molecular complexity index is 478. The van der Waals surface area contributed by atoms with Crippen LogP contribution in [0.3, 0.4) is 0 Å². The molecule has 1 fully saturated rings. The number of fused-ring (bicyclic) bond motifs is 1. The highest BCUT2D eigenvalue weighted by Gasteiger charge is 2.23. The molecule has 1 aromatic carbocycles. The number of carbonyl (C=O) groups is 1. The van der Waals surface area contributed by atoms with Gasteiger partial charge in [-0.1, -0.05) is 12.1 Å². The van der Waals surface area contributed by atoms with E-state index in [2.05, 4.69) is 23.5 Å². The number of nitrogens with one attached hydrogen (secondary N) is 1. The van der Waals surface area contributed by atoms with E-state index in [9.17, 15) is 4.79 Å². The molecule has 2 aliphatic heterocycles. The zero-order chi connectivity index (χ0) is 13.2. The summed E-state index contributed by atoms with van der Waals surface area (Å²) in [6, 6.07) is 6.69. The second-order valence-corrected chi connectivity index (χ2v) is 5.80. The van der Waals surface area contributed by atoms with E-state index in [-0.39, 0.29) is 5.91 Å². The van der Waals surface area contributed by atoms with Crippen LogP contribution in [-0.4, -0.2) is 25.5 Å². The van der Waals surface area contributed by atoms with Gasteiger partial charge >= 0.3 is 0 Å². The quantitative estimate of drug-likeness (QED) is 0.881. The lowest BCUT2D eigenvalue weighted by atomic mass is 9.92. The molecule has 1 saturated heterocycles. The van der Waals surface area contributed by atoms with Crippen molar-refractivity contribution in [1.29, 1.82) is 0 Å². The second kappa shape index (κ2) is 5.33. The Morgan fingerprint density at radius 2 is 2.37 bits per heavy atom. The van der Waals surface area contributed by atoms with Crippen molar-refractivity contribution in [2.75, 3.05) is 24.5 Å². The number of benzene rings is 1. The Hall–Kier alpha value is -1.35. The number of amides is 1. The van der Waals surface area contributed by atoms with E-state index in [0.717, 1.165) is 37.5 Å². The molecule has 1 unspecified atom stereocenters. The maximum absolute atomic E-state index is 11.6. The third kappa shape index (κ3) is 2.66. The van der Waals surface area contributed by atoms with Gasteiger partial charge in [0.05, 0.1) is 0 Å². The van der Waals surface area contributed by atoms with Crippen molar-refractivity contribution in [3.8, 4) is 0 Å². The van der Waals surface area contributed by atoms with Gasteiger partial charge in [-0.15, -0.1) is 0 Å². The van der Waals surface area contributed by atoms with E-state index in [4.69, 9.17) is 0 Å². The third-order valence-electron chi connectivity index (χ3n) is 4.35. The fraction of sp³-hybridized carbons (Fsp3) is 0.562. The SMILES string of the molecule is CC(=O)N1CCc2ccc(CC3CCCNC3)cc21. The van der Waals surface area contributed by atoms with Crippen LogP contribution in [0.1, 0.15) is 30.9 Å². The lowest BCUT2D eigenvalue weighted by Crippen LogP contribution is -2.31. The molecular weight excluding hydrogens is 236 g/mol. The van der Waals surface area contributed by atoms with Crippen molar-refractivity contribution in [1.82, 2.24) is 5.32 Å². The van der Waals surface area contributed by atoms with Crippen LogP contribution in [-0.2, 0) is 17.6 Å². The predicted molar refractivity (Wildman–Crippen MR) is 77.5 cm³/mol. The molecule has 3 rings (SSSR count). The average Bonchev–Trinajstić information content (AvgIpc) is 2.83. The molecule has 0 spiro atoms. The topological polar surface area (TPSA) is 32.3 Å². The van der Waals surface area contributed by atoms with Crippen LogP contribution in [0.5, 0.6) is 0 Å². The average molecular weight is 258 g/mol. The Kier molecular flexibility index (Phi) is 3.56. The Balaban J connectivity index is 1.77. The van der Waals surface area contributed by atoms with Crippen molar-refractivity contribution in [3.63, 3.8) is 0 Å². The van der Waals surface area contributed by atoms with Gasteiger partial charge < -0.3 is 10.2 Å². The maximum atomic E-state index is 11.6. The molecule has 0 bridgehead atoms. The van der Waals surface area contributed by atoms with Gasteiger partial charge in [-0.25, -0.2) is 0 Å². The minimum Gasteiger partial charge on any atom is -0.316 e. The van der Waals surface area contributed by atoms with Crippen LogP contribution in [0.2, 0.25) is 0 Å². The molecule has 1 amide bonds. The molecule has 1 N–H and O–H groups in total. The minimum absolute atomic E-state index is 0.162. The summed E-state index contributed by atoms with van der Waals surface area (Å²) in [6.07, 6.45) is 4.74. The maximum Gasteiger partial charge on any atom is 0.223 e. The molecule has 0 saturated carbocycles. The predicted octanol–water partition coefficient (Wildman–Crippen LogP) is 2.14. The Morgan fingerprint density at radius 3 is 3.11 bits per heavy atom. The van der Waals surface area contributed by atoms with Gasteiger partial charge in [0.25, 0.3) is 0 Å². The van der Waals surface area contributed by atoms with E-state index in [1.165, 1.54) is 30.5 Å². The molecule has 1 aromatic rings. The summed E-state index contributed by atoms with van der Waals surface area (Å²) < 4.78 is 0. The lowest BCUT2D eigenvalue weighted by Gasteiger charge is -2.23. The monoisotopic (exact) mass is 258 g/mol. The second-order valence-electron chi connectivity index (χ2n) is 5.80. The summed E-state index contributed by atoms with van der Waals surface area (Å²) in [4.78, 5) is 13.5. The van der Waals surface area contributed by atoms with E-state index in [0.29, 0.717) is 0 Å². The van der Waals surface area contributed by atoms with Gasteiger partial charge in [-0.05, 0) is 61.9 Å². The number of nitrogens with zero attached hydrogens (tertiary/aromatic N) is 1. The highest BCUT2D eigenvalue weighted by molar-refractivity contribution is 5.93. The fourth-order valence-electron chi connectivity index (χ4n) is 3.31. The first-order chi connectivity index (χ1) is 9.24. The van der Waals surface area contributed by atoms with Crippen LogP contribution in [0.25, 0.3) is 0 Å². The molecule has 3 heteroatoms. The highest BCUT2D eigenvalue weighted by atomic mass is 16.2. The summed E-state index contributed by atoms with van der Waals surface area (Å²) >= 11 is 0. The van der Waals surface area contributed by atoms with Gasteiger partial charge in [-0.2, -0.15) is 0 Å². The van der Waals surface area contributed by atoms with E-state index in [1.807, 2.05) is 4.90 Å².